The second-order valence-electron chi connectivity index (χ2n) is 3.33. The lowest BCUT2D eigenvalue weighted by molar-refractivity contribution is 0.337. The molecule has 0 atom stereocenters. The molecule has 0 saturated carbocycles. The second-order valence-corrected chi connectivity index (χ2v) is 5.10. The van der Waals surface area contributed by atoms with Crippen molar-refractivity contribution < 1.29 is 4.74 Å². The van der Waals surface area contributed by atoms with E-state index < -0.39 is 0 Å². The van der Waals surface area contributed by atoms with Crippen LogP contribution in [0.4, 0.5) is 0 Å². The van der Waals surface area contributed by atoms with Crippen LogP contribution in [0.3, 0.4) is 0 Å². The summed E-state index contributed by atoms with van der Waals surface area (Å²) in [6.07, 6.45) is 4.73. The molecule has 0 radical (unpaired) electrons. The molecule has 0 spiro atoms. The number of aromatic nitrogens is 3. The molecule has 7 heteroatoms. The molecule has 0 N–H and O–H groups in total. The van der Waals surface area contributed by atoms with Gasteiger partial charge in [0.05, 0.1) is 17.3 Å². The molecule has 0 aliphatic carbocycles. The molecule has 0 unspecified atom stereocenters. The van der Waals surface area contributed by atoms with Crippen LogP contribution in [-0.4, -0.2) is 27.7 Å². The molecule has 2 aromatic rings. The van der Waals surface area contributed by atoms with Crippen LogP contribution < -0.4 is 4.74 Å². The van der Waals surface area contributed by atoms with Gasteiger partial charge in [0, 0.05) is 10.0 Å². The molecule has 1 aromatic carbocycles. The fourth-order valence-corrected chi connectivity index (χ4v) is 2.73. The van der Waals surface area contributed by atoms with Gasteiger partial charge in [0.15, 0.2) is 0 Å². The molecule has 0 fully saturated rings. The third-order valence-corrected chi connectivity index (χ3v) is 3.11. The van der Waals surface area contributed by atoms with Crippen molar-refractivity contribution in [2.45, 2.75) is 6.92 Å². The van der Waals surface area contributed by atoms with E-state index in [0.29, 0.717) is 6.61 Å². The Bertz CT molecular complexity index is 554. The Kier molecular flexibility index (Phi) is 4.48. The predicted molar refractivity (Wildman–Crippen MR) is 76.0 cm³/mol. The average molecular weight is 374 g/mol. The first-order chi connectivity index (χ1) is 8.70. The van der Waals surface area contributed by atoms with Crippen LogP contribution in [0.1, 0.15) is 12.5 Å². The van der Waals surface area contributed by atoms with E-state index >= 15 is 0 Å². The molecule has 1 heterocycles. The molecule has 5 nitrogen and oxygen atoms in total. The number of hydrogen-bond acceptors (Lipinski definition) is 4. The molecule has 2 rings (SSSR count). The van der Waals surface area contributed by atoms with Gasteiger partial charge in [-0.1, -0.05) is 15.9 Å². The van der Waals surface area contributed by atoms with Gasteiger partial charge in [0.2, 0.25) is 0 Å². The maximum absolute atomic E-state index is 5.59. The fraction of sp³-hybridized carbons (Fsp3) is 0.182. The van der Waals surface area contributed by atoms with Crippen LogP contribution in [0.2, 0.25) is 0 Å². The van der Waals surface area contributed by atoms with E-state index in [9.17, 15) is 0 Å². The highest BCUT2D eigenvalue weighted by Gasteiger charge is 2.08. The number of halogens is 2. The van der Waals surface area contributed by atoms with Crippen molar-refractivity contribution in [3.05, 3.63) is 39.3 Å². The van der Waals surface area contributed by atoms with E-state index in [4.69, 9.17) is 4.74 Å². The molecular weight excluding hydrogens is 364 g/mol. The van der Waals surface area contributed by atoms with Gasteiger partial charge >= 0.3 is 0 Å². The van der Waals surface area contributed by atoms with E-state index in [1.807, 2.05) is 19.1 Å². The van der Waals surface area contributed by atoms with Crippen LogP contribution in [-0.2, 0) is 0 Å². The summed E-state index contributed by atoms with van der Waals surface area (Å²) in [6, 6.07) is 3.87. The molecule has 0 aliphatic rings. The zero-order valence-electron chi connectivity index (χ0n) is 9.55. The largest absolute Gasteiger partial charge is 0.492 e. The van der Waals surface area contributed by atoms with Crippen molar-refractivity contribution in [1.82, 2.24) is 14.9 Å². The Morgan fingerprint density at radius 2 is 2.06 bits per heavy atom. The topological polar surface area (TPSA) is 52.3 Å². The molecule has 0 saturated heterocycles. The normalized spacial score (nSPS) is 11.1. The van der Waals surface area contributed by atoms with Gasteiger partial charge < -0.3 is 4.74 Å². The standard InChI is InChI=1S/C11H10Br2N4O/c1-2-18-11-8(3-9(12)4-10(11)13)5-16-17-6-14-15-7-17/h3-7H,2H2,1H3/b16-5+. The van der Waals surface area contributed by atoms with Gasteiger partial charge in [-0.2, -0.15) is 5.10 Å². The van der Waals surface area contributed by atoms with Crippen molar-refractivity contribution in [2.75, 3.05) is 6.61 Å². The highest BCUT2D eigenvalue weighted by molar-refractivity contribution is 9.11. The van der Waals surface area contributed by atoms with Crippen LogP contribution in [0.15, 0.2) is 38.8 Å². The van der Waals surface area contributed by atoms with E-state index in [2.05, 4.69) is 47.2 Å². The van der Waals surface area contributed by atoms with E-state index in [0.717, 1.165) is 20.3 Å². The quantitative estimate of drug-likeness (QED) is 0.774. The molecule has 94 valence electrons. The van der Waals surface area contributed by atoms with Crippen molar-refractivity contribution >= 4 is 38.1 Å². The van der Waals surface area contributed by atoms with E-state index in [1.54, 1.807) is 6.21 Å². The maximum Gasteiger partial charge on any atom is 0.142 e. The summed E-state index contributed by atoms with van der Waals surface area (Å²) < 4.78 is 8.94. The molecular formula is C11H10Br2N4O. The van der Waals surface area contributed by atoms with E-state index in [1.165, 1.54) is 17.3 Å². The van der Waals surface area contributed by atoms with Crippen molar-refractivity contribution in [1.29, 1.82) is 0 Å². The molecule has 0 amide bonds. The number of hydrogen-bond donors (Lipinski definition) is 0. The molecule has 18 heavy (non-hydrogen) atoms. The van der Waals surface area contributed by atoms with Crippen molar-refractivity contribution in [3.63, 3.8) is 0 Å². The lowest BCUT2D eigenvalue weighted by Crippen LogP contribution is -1.98. The Labute approximate surface area is 121 Å². The Balaban J connectivity index is 2.36. The van der Waals surface area contributed by atoms with Crippen LogP contribution in [0.5, 0.6) is 5.75 Å². The fourth-order valence-electron chi connectivity index (χ4n) is 1.36. The predicted octanol–water partition coefficient (Wildman–Crippen LogP) is 3.08. The van der Waals surface area contributed by atoms with Crippen molar-refractivity contribution in [2.24, 2.45) is 5.10 Å². The Morgan fingerprint density at radius 3 is 2.72 bits per heavy atom. The minimum Gasteiger partial charge on any atom is -0.492 e. The van der Waals surface area contributed by atoms with Gasteiger partial charge in [-0.05, 0) is 35.0 Å². The highest BCUT2D eigenvalue weighted by atomic mass is 79.9. The van der Waals surface area contributed by atoms with Crippen LogP contribution >= 0.6 is 31.9 Å². The lowest BCUT2D eigenvalue weighted by atomic mass is 10.2. The Morgan fingerprint density at radius 1 is 1.33 bits per heavy atom. The smallest absolute Gasteiger partial charge is 0.142 e. The number of rotatable bonds is 4. The molecule has 1 aromatic heterocycles. The first-order valence-electron chi connectivity index (χ1n) is 5.21. The summed E-state index contributed by atoms with van der Waals surface area (Å²) in [5, 5.41) is 11.6. The zero-order valence-corrected chi connectivity index (χ0v) is 12.7. The summed E-state index contributed by atoms with van der Waals surface area (Å²) in [7, 11) is 0. The summed E-state index contributed by atoms with van der Waals surface area (Å²) in [4.78, 5) is 0. The van der Waals surface area contributed by atoms with E-state index in [-0.39, 0.29) is 0 Å². The number of nitrogens with zero attached hydrogens (tertiary/aromatic N) is 4. The van der Waals surface area contributed by atoms with Crippen LogP contribution in [0.25, 0.3) is 0 Å². The average Bonchev–Trinajstić information content (AvgIpc) is 2.83. The van der Waals surface area contributed by atoms with Gasteiger partial charge in [-0.25, -0.2) is 4.68 Å². The minimum absolute atomic E-state index is 0.591. The van der Waals surface area contributed by atoms with Gasteiger partial charge in [-0.15, -0.1) is 10.2 Å². The first-order valence-corrected chi connectivity index (χ1v) is 6.80. The zero-order chi connectivity index (χ0) is 13.0. The third-order valence-electron chi connectivity index (χ3n) is 2.06. The number of benzene rings is 1. The van der Waals surface area contributed by atoms with Crippen LogP contribution in [0, 0.1) is 0 Å². The summed E-state index contributed by atoms with van der Waals surface area (Å²) >= 11 is 6.91. The number of ether oxygens (including phenoxy) is 1. The van der Waals surface area contributed by atoms with Gasteiger partial charge in [0.25, 0.3) is 0 Å². The summed E-state index contributed by atoms with van der Waals surface area (Å²) in [6.45, 7) is 2.53. The van der Waals surface area contributed by atoms with Gasteiger partial charge in [-0.3, -0.25) is 0 Å². The van der Waals surface area contributed by atoms with Gasteiger partial charge in [0.1, 0.15) is 18.4 Å². The lowest BCUT2D eigenvalue weighted by Gasteiger charge is -2.09. The third kappa shape index (κ3) is 3.17. The minimum atomic E-state index is 0.591. The summed E-state index contributed by atoms with van der Waals surface area (Å²) in [5.41, 5.74) is 0.867. The maximum atomic E-state index is 5.59. The first kappa shape index (κ1) is 13.2. The SMILES string of the molecule is CCOc1c(Br)cc(Br)cc1/C=N/n1cnnc1. The monoisotopic (exact) mass is 372 g/mol. The molecule has 0 bridgehead atoms. The second kappa shape index (κ2) is 6.10. The van der Waals surface area contributed by atoms with Crippen molar-refractivity contribution in [3.8, 4) is 5.75 Å². The molecule has 0 aliphatic heterocycles. The summed E-state index contributed by atoms with van der Waals surface area (Å²) in [5.74, 6) is 0.762. The highest BCUT2D eigenvalue weighted by Crippen LogP contribution is 2.32. The Hall–Kier alpha value is -1.21.